The number of nitrogens with zero attached hydrogens (tertiary/aromatic N) is 2. The second-order valence-electron chi connectivity index (χ2n) is 9.68. The molecule has 1 N–H and O–H groups in total. The van der Waals surface area contributed by atoms with Gasteiger partial charge in [0.1, 0.15) is 0 Å². The highest BCUT2D eigenvalue weighted by molar-refractivity contribution is 5.94. The van der Waals surface area contributed by atoms with E-state index in [1.165, 1.54) is 10.5 Å². The molecule has 0 spiro atoms. The molecule has 0 aliphatic carbocycles. The van der Waals surface area contributed by atoms with Crippen LogP contribution in [0, 0.1) is 11.8 Å². The predicted octanol–water partition coefficient (Wildman–Crippen LogP) is 3.58. The van der Waals surface area contributed by atoms with Gasteiger partial charge >= 0.3 is 0 Å². The number of rotatable bonds is 5. The van der Waals surface area contributed by atoms with E-state index in [9.17, 15) is 18.4 Å². The van der Waals surface area contributed by atoms with Crippen LogP contribution in [-0.2, 0) is 11.2 Å². The number of nitrogens with one attached hydrogen (secondary N) is 1. The third-order valence-electron chi connectivity index (χ3n) is 6.18. The molecule has 1 aromatic rings. The molecule has 2 aliphatic rings. The first-order valence-electron chi connectivity index (χ1n) is 11.4. The maximum atomic E-state index is 13.7. The molecule has 31 heavy (non-hydrogen) atoms. The summed E-state index contributed by atoms with van der Waals surface area (Å²) >= 11 is 0. The minimum absolute atomic E-state index is 0.0755. The van der Waals surface area contributed by atoms with E-state index in [1.807, 2.05) is 36.2 Å². The third kappa shape index (κ3) is 6.73. The second-order valence-corrected chi connectivity index (χ2v) is 9.68. The van der Waals surface area contributed by atoms with Crippen molar-refractivity contribution in [3.05, 3.63) is 35.4 Å². The zero-order valence-corrected chi connectivity index (χ0v) is 18.9. The SMILES string of the molecule is CC(C)Cc1ccc(C(=O)N[C@H]2CC[C@@H](C(=O)N3CCCC(F)(F)C3)CN(C)C2)cc1. The lowest BCUT2D eigenvalue weighted by Gasteiger charge is -2.35. The Labute approximate surface area is 184 Å². The summed E-state index contributed by atoms with van der Waals surface area (Å²) < 4.78 is 27.5. The Bertz CT molecular complexity index is 767. The number of likely N-dealkylation sites (tertiary alicyclic amines) is 2. The first-order valence-corrected chi connectivity index (χ1v) is 11.4. The van der Waals surface area contributed by atoms with Crippen LogP contribution in [0.3, 0.4) is 0 Å². The molecule has 1 aromatic carbocycles. The average molecular weight is 436 g/mol. The van der Waals surface area contributed by atoms with Crippen molar-refractivity contribution in [3.8, 4) is 0 Å². The van der Waals surface area contributed by atoms with Gasteiger partial charge in [-0.2, -0.15) is 0 Å². The fourth-order valence-electron chi connectivity index (χ4n) is 4.68. The van der Waals surface area contributed by atoms with Gasteiger partial charge in [0.2, 0.25) is 5.91 Å². The summed E-state index contributed by atoms with van der Waals surface area (Å²) in [6.45, 7) is 5.42. The fraction of sp³-hybridized carbons (Fsp3) is 0.667. The zero-order chi connectivity index (χ0) is 22.6. The highest BCUT2D eigenvalue weighted by atomic mass is 19.3. The van der Waals surface area contributed by atoms with Crippen molar-refractivity contribution in [1.29, 1.82) is 0 Å². The quantitative estimate of drug-likeness (QED) is 0.769. The second kappa shape index (κ2) is 10.1. The first-order chi connectivity index (χ1) is 14.6. The van der Waals surface area contributed by atoms with Crippen LogP contribution >= 0.6 is 0 Å². The number of amides is 2. The molecule has 2 fully saturated rings. The van der Waals surface area contributed by atoms with Crippen LogP contribution in [0.5, 0.6) is 0 Å². The molecule has 2 heterocycles. The summed E-state index contributed by atoms with van der Waals surface area (Å²) in [5.41, 5.74) is 1.84. The molecular weight excluding hydrogens is 400 g/mol. The Morgan fingerprint density at radius 1 is 1.16 bits per heavy atom. The van der Waals surface area contributed by atoms with Gasteiger partial charge in [-0.25, -0.2) is 8.78 Å². The van der Waals surface area contributed by atoms with E-state index in [0.29, 0.717) is 50.4 Å². The number of benzene rings is 1. The number of piperidine rings is 1. The number of alkyl halides is 2. The Kier molecular flexibility index (Phi) is 7.68. The standard InChI is InChI=1S/C24H35F2N3O2/c1-17(2)13-18-5-7-19(8-6-18)22(30)27-21-10-9-20(14-28(3)15-21)23(31)29-12-4-11-24(25,26)16-29/h5-8,17,20-21H,4,9-16H2,1-3H3,(H,27,30)/t20-,21+/m1/s1. The monoisotopic (exact) mass is 435 g/mol. The topological polar surface area (TPSA) is 52.7 Å². The molecule has 2 aliphatic heterocycles. The van der Waals surface area contributed by atoms with Gasteiger partial charge in [-0.15, -0.1) is 0 Å². The molecule has 172 valence electrons. The molecule has 3 rings (SSSR count). The van der Waals surface area contributed by atoms with E-state index in [4.69, 9.17) is 0 Å². The van der Waals surface area contributed by atoms with Crippen LogP contribution in [-0.4, -0.2) is 66.8 Å². The van der Waals surface area contributed by atoms with Gasteiger partial charge in [0.25, 0.3) is 11.8 Å². The van der Waals surface area contributed by atoms with Crippen molar-refractivity contribution in [2.45, 2.75) is 57.9 Å². The minimum Gasteiger partial charge on any atom is -0.348 e. The average Bonchev–Trinajstić information content (AvgIpc) is 2.87. The minimum atomic E-state index is -2.79. The zero-order valence-electron chi connectivity index (χ0n) is 18.9. The van der Waals surface area contributed by atoms with Gasteiger partial charge in [0.15, 0.2) is 0 Å². The Hall–Kier alpha value is -2.02. The number of halogens is 2. The highest BCUT2D eigenvalue weighted by Crippen LogP contribution is 2.28. The Balaban J connectivity index is 1.56. The third-order valence-corrected chi connectivity index (χ3v) is 6.18. The molecule has 0 saturated carbocycles. The highest BCUT2D eigenvalue weighted by Gasteiger charge is 2.39. The molecule has 2 atom stereocenters. The number of carbonyl (C=O) groups is 2. The summed E-state index contributed by atoms with van der Waals surface area (Å²) in [6, 6.07) is 7.63. The molecule has 0 bridgehead atoms. The molecule has 0 aromatic heterocycles. The van der Waals surface area contributed by atoms with Crippen molar-refractivity contribution in [3.63, 3.8) is 0 Å². The van der Waals surface area contributed by atoms with E-state index in [-0.39, 0.29) is 30.2 Å². The van der Waals surface area contributed by atoms with Crippen LogP contribution < -0.4 is 5.32 Å². The largest absolute Gasteiger partial charge is 0.348 e. The summed E-state index contributed by atoms with van der Waals surface area (Å²) in [4.78, 5) is 28.9. The number of hydrogen-bond acceptors (Lipinski definition) is 3. The first kappa shape index (κ1) is 23.6. The molecule has 2 amide bonds. The van der Waals surface area contributed by atoms with Crippen LogP contribution in [0.15, 0.2) is 24.3 Å². The molecule has 0 unspecified atom stereocenters. The van der Waals surface area contributed by atoms with E-state index in [0.717, 1.165) is 6.42 Å². The smallest absolute Gasteiger partial charge is 0.265 e. The van der Waals surface area contributed by atoms with Crippen LogP contribution in [0.25, 0.3) is 0 Å². The maximum absolute atomic E-state index is 13.7. The lowest BCUT2D eigenvalue weighted by molar-refractivity contribution is -0.146. The summed E-state index contributed by atoms with van der Waals surface area (Å²) in [7, 11) is 1.91. The van der Waals surface area contributed by atoms with E-state index in [2.05, 4.69) is 19.2 Å². The van der Waals surface area contributed by atoms with Gasteiger partial charge in [0, 0.05) is 37.7 Å². The van der Waals surface area contributed by atoms with Gasteiger partial charge < -0.3 is 15.1 Å². The number of likely N-dealkylation sites (N-methyl/N-ethyl adjacent to an activating group) is 1. The van der Waals surface area contributed by atoms with E-state index >= 15 is 0 Å². The van der Waals surface area contributed by atoms with Gasteiger partial charge in [0.05, 0.1) is 12.5 Å². The van der Waals surface area contributed by atoms with Gasteiger partial charge in [-0.05, 0) is 56.3 Å². The van der Waals surface area contributed by atoms with Crippen LogP contribution in [0.1, 0.15) is 55.5 Å². The van der Waals surface area contributed by atoms with Crippen molar-refractivity contribution in [2.75, 3.05) is 33.2 Å². The summed E-state index contributed by atoms with van der Waals surface area (Å²) in [6.07, 6.45) is 2.42. The van der Waals surface area contributed by atoms with Gasteiger partial charge in [-0.1, -0.05) is 26.0 Å². The van der Waals surface area contributed by atoms with E-state index in [1.54, 1.807) is 0 Å². The van der Waals surface area contributed by atoms with Crippen molar-refractivity contribution in [1.82, 2.24) is 15.1 Å². The molecule has 0 radical (unpaired) electrons. The molecule has 7 heteroatoms. The van der Waals surface area contributed by atoms with Crippen molar-refractivity contribution >= 4 is 11.8 Å². The van der Waals surface area contributed by atoms with Crippen LogP contribution in [0.4, 0.5) is 8.78 Å². The lowest BCUT2D eigenvalue weighted by Crippen LogP contribution is -2.49. The molecular formula is C24H35F2N3O2. The molecule has 2 saturated heterocycles. The Morgan fingerprint density at radius 2 is 1.87 bits per heavy atom. The van der Waals surface area contributed by atoms with Gasteiger partial charge in [-0.3, -0.25) is 9.59 Å². The number of hydrogen-bond donors (Lipinski definition) is 1. The fourth-order valence-corrected chi connectivity index (χ4v) is 4.68. The normalized spacial score (nSPS) is 24.6. The van der Waals surface area contributed by atoms with E-state index < -0.39 is 12.5 Å². The maximum Gasteiger partial charge on any atom is 0.265 e. The summed E-state index contributed by atoms with van der Waals surface area (Å²) in [5, 5.41) is 3.09. The lowest BCUT2D eigenvalue weighted by atomic mass is 9.98. The number of carbonyl (C=O) groups excluding carboxylic acids is 2. The van der Waals surface area contributed by atoms with Crippen molar-refractivity contribution in [2.24, 2.45) is 11.8 Å². The van der Waals surface area contributed by atoms with Crippen LogP contribution in [0.2, 0.25) is 0 Å². The molecule has 5 nitrogen and oxygen atoms in total. The predicted molar refractivity (Wildman–Crippen MR) is 117 cm³/mol. The summed E-state index contributed by atoms with van der Waals surface area (Å²) in [5.74, 6) is -2.83. The Morgan fingerprint density at radius 3 is 2.52 bits per heavy atom. The van der Waals surface area contributed by atoms with Crippen molar-refractivity contribution < 1.29 is 18.4 Å².